The van der Waals surface area contributed by atoms with Crippen LogP contribution < -0.4 is 9.64 Å². The molecule has 1 aliphatic heterocycles. The van der Waals surface area contributed by atoms with Gasteiger partial charge in [0.2, 0.25) is 5.82 Å². The molecule has 53 heavy (non-hydrogen) atoms. The van der Waals surface area contributed by atoms with Gasteiger partial charge in [0.25, 0.3) is 5.89 Å². The summed E-state index contributed by atoms with van der Waals surface area (Å²) in [6, 6.07) is 24.4. The van der Waals surface area contributed by atoms with Crippen LogP contribution >= 0.6 is 0 Å². The molecule has 284 valence electrons. The van der Waals surface area contributed by atoms with Crippen molar-refractivity contribution in [2.75, 3.05) is 44.3 Å². The summed E-state index contributed by atoms with van der Waals surface area (Å²) in [5, 5.41) is 6.37. The van der Waals surface area contributed by atoms with E-state index >= 15 is 0 Å². The number of hydrogen-bond donors (Lipinski definition) is 0. The van der Waals surface area contributed by atoms with Crippen molar-refractivity contribution in [3.63, 3.8) is 0 Å². The molecule has 0 radical (unpaired) electrons. The van der Waals surface area contributed by atoms with Crippen LogP contribution in [0.5, 0.6) is 5.75 Å². The van der Waals surface area contributed by atoms with Gasteiger partial charge < -0.3 is 14.2 Å². The van der Waals surface area contributed by atoms with Crippen LogP contribution in [0.4, 0.5) is 5.69 Å². The van der Waals surface area contributed by atoms with Gasteiger partial charge in [-0.05, 0) is 85.6 Å². The summed E-state index contributed by atoms with van der Waals surface area (Å²) in [5.41, 5.74) is 4.93. The fraction of sp³-hybridized carbons (Fsp3) is 0.522. The molecule has 0 N–H and O–H groups in total. The quantitative estimate of drug-likeness (QED) is 0.0559. The Morgan fingerprint density at radius 1 is 0.566 bits per heavy atom. The van der Waals surface area contributed by atoms with E-state index in [1.807, 2.05) is 48.5 Å². The molecule has 3 aromatic carbocycles. The van der Waals surface area contributed by atoms with Gasteiger partial charge in [0.1, 0.15) is 5.75 Å². The van der Waals surface area contributed by atoms with Crippen molar-refractivity contribution in [1.29, 1.82) is 0 Å². The number of anilines is 1. The molecule has 7 nitrogen and oxygen atoms in total. The zero-order valence-corrected chi connectivity index (χ0v) is 32.5. The summed E-state index contributed by atoms with van der Waals surface area (Å²) >= 11 is 0. The summed E-state index contributed by atoms with van der Waals surface area (Å²) in [6.07, 6.45) is 21.0. The summed E-state index contributed by atoms with van der Waals surface area (Å²) in [6.45, 7) is 9.93. The number of piperazine rings is 1. The molecule has 1 aromatic heterocycles. The largest absolute Gasteiger partial charge is 0.494 e. The zero-order valence-electron chi connectivity index (χ0n) is 32.5. The van der Waals surface area contributed by atoms with E-state index in [4.69, 9.17) is 14.1 Å². The fourth-order valence-electron chi connectivity index (χ4n) is 6.69. The van der Waals surface area contributed by atoms with Gasteiger partial charge in [0, 0.05) is 54.1 Å². The highest BCUT2D eigenvalue weighted by molar-refractivity contribution is 5.61. The molecule has 0 unspecified atom stereocenters. The molecule has 2 heterocycles. The third kappa shape index (κ3) is 14.3. The minimum atomic E-state index is 0.487. The monoisotopic (exact) mass is 718 g/mol. The number of hydrogen-bond acceptors (Lipinski definition) is 7. The van der Waals surface area contributed by atoms with Gasteiger partial charge in [-0.25, -0.2) is 0 Å². The van der Waals surface area contributed by atoms with Gasteiger partial charge in [0.05, 0.1) is 13.2 Å². The lowest BCUT2D eigenvalue weighted by molar-refractivity contribution is -0.162. The summed E-state index contributed by atoms with van der Waals surface area (Å²) in [4.78, 5) is 13.1. The van der Waals surface area contributed by atoms with Crippen molar-refractivity contribution in [1.82, 2.24) is 15.2 Å². The lowest BCUT2D eigenvalue weighted by atomic mass is 10.1. The van der Waals surface area contributed by atoms with Gasteiger partial charge in [-0.1, -0.05) is 121 Å². The average Bonchev–Trinajstić information content (AvgIpc) is 3.70. The van der Waals surface area contributed by atoms with E-state index in [1.165, 1.54) is 95.6 Å². The molecule has 5 rings (SSSR count). The van der Waals surface area contributed by atoms with Crippen LogP contribution in [0.2, 0.25) is 0 Å². The number of unbranched alkanes of at least 4 members (excludes halogenated alkanes) is 14. The predicted octanol–water partition coefficient (Wildman–Crippen LogP) is 11.5. The molecule has 0 atom stereocenters. The van der Waals surface area contributed by atoms with Crippen LogP contribution in [0.3, 0.4) is 0 Å². The number of nitrogens with zero attached hydrogens (tertiary/aromatic N) is 4. The normalized spacial score (nSPS) is 13.2. The second-order valence-corrected chi connectivity index (χ2v) is 14.4. The molecule has 7 heteroatoms. The summed E-state index contributed by atoms with van der Waals surface area (Å²) < 4.78 is 11.6. The molecule has 1 fully saturated rings. The molecule has 1 saturated heterocycles. The van der Waals surface area contributed by atoms with E-state index in [0.717, 1.165) is 80.2 Å². The molecule has 4 aromatic rings. The maximum atomic E-state index is 6.06. The Labute approximate surface area is 319 Å². The first-order valence-corrected chi connectivity index (χ1v) is 20.6. The minimum absolute atomic E-state index is 0.487. The van der Waals surface area contributed by atoms with Crippen molar-refractivity contribution >= 4 is 5.69 Å². The second kappa shape index (κ2) is 23.5. The SMILES string of the molecule is CCCCCCCCCCOc1ccc(-c2noc(-c3ccc(C#Cc4ccc(N5CCN(OCCCCCCCCCC)CC5)cc4)cc3)n2)cc1. The topological polar surface area (TPSA) is 63.9 Å². The zero-order chi connectivity index (χ0) is 36.8. The third-order valence-electron chi connectivity index (χ3n) is 10.0. The Morgan fingerprint density at radius 2 is 1.08 bits per heavy atom. The number of benzene rings is 3. The Kier molecular flexibility index (Phi) is 17.8. The first kappa shape index (κ1) is 40.1. The van der Waals surface area contributed by atoms with Crippen LogP contribution in [0.1, 0.15) is 128 Å². The Bertz CT molecular complexity index is 1610. The van der Waals surface area contributed by atoms with Crippen LogP contribution in [-0.2, 0) is 4.84 Å². The van der Waals surface area contributed by atoms with Gasteiger partial charge >= 0.3 is 0 Å². The first-order chi connectivity index (χ1) is 26.2. The van der Waals surface area contributed by atoms with Gasteiger partial charge in [-0.3, -0.25) is 4.84 Å². The number of aromatic nitrogens is 2. The Hall–Kier alpha value is -4.12. The highest BCUT2D eigenvalue weighted by atomic mass is 16.7. The minimum Gasteiger partial charge on any atom is -0.494 e. The molecule has 0 aliphatic carbocycles. The molecule has 0 saturated carbocycles. The Morgan fingerprint density at radius 3 is 1.66 bits per heavy atom. The maximum Gasteiger partial charge on any atom is 0.258 e. The lowest BCUT2D eigenvalue weighted by Crippen LogP contribution is -2.46. The fourth-order valence-corrected chi connectivity index (χ4v) is 6.69. The highest BCUT2D eigenvalue weighted by Crippen LogP contribution is 2.25. The molecular formula is C46H62N4O3. The Balaban J connectivity index is 0.994. The number of rotatable bonds is 23. The van der Waals surface area contributed by atoms with Crippen molar-refractivity contribution in [2.45, 2.75) is 117 Å². The van der Waals surface area contributed by atoms with Crippen molar-refractivity contribution in [2.24, 2.45) is 0 Å². The maximum absolute atomic E-state index is 6.06. The van der Waals surface area contributed by atoms with E-state index < -0.39 is 0 Å². The second-order valence-electron chi connectivity index (χ2n) is 14.4. The summed E-state index contributed by atoms with van der Waals surface area (Å²) in [5.74, 6) is 8.52. The smallest absolute Gasteiger partial charge is 0.258 e. The van der Waals surface area contributed by atoms with Crippen LogP contribution in [-0.4, -0.2) is 54.6 Å². The van der Waals surface area contributed by atoms with Crippen molar-refractivity contribution in [3.05, 3.63) is 83.9 Å². The molecule has 0 bridgehead atoms. The first-order valence-electron chi connectivity index (χ1n) is 20.6. The molecule has 0 spiro atoms. The highest BCUT2D eigenvalue weighted by Gasteiger charge is 2.17. The molecule has 1 aliphatic rings. The van der Waals surface area contributed by atoms with Gasteiger partial charge in [-0.2, -0.15) is 10.0 Å². The van der Waals surface area contributed by atoms with E-state index in [1.54, 1.807) is 0 Å². The van der Waals surface area contributed by atoms with E-state index in [0.29, 0.717) is 11.7 Å². The standard InChI is InChI=1S/C46H62N4O3/c1-3-5-7-9-11-13-15-17-37-51-44-31-27-41(28-32-44)45-47-46(53-48-45)42-25-21-39(22-26-42)19-20-40-23-29-43(30-24-40)49-33-35-50(36-34-49)52-38-18-16-14-12-10-8-6-4-2/h21-32H,3-18,33-38H2,1-2H3. The van der Waals surface area contributed by atoms with Gasteiger partial charge in [-0.15, -0.1) is 0 Å². The molecule has 0 amide bonds. The number of ether oxygens (including phenoxy) is 1. The van der Waals surface area contributed by atoms with E-state index in [-0.39, 0.29) is 0 Å². The summed E-state index contributed by atoms with van der Waals surface area (Å²) in [7, 11) is 0. The van der Waals surface area contributed by atoms with Crippen LogP contribution in [0.15, 0.2) is 77.3 Å². The van der Waals surface area contributed by atoms with Crippen molar-refractivity contribution in [3.8, 4) is 40.4 Å². The van der Waals surface area contributed by atoms with Crippen molar-refractivity contribution < 1.29 is 14.1 Å². The number of hydroxylamine groups is 2. The third-order valence-corrected chi connectivity index (χ3v) is 10.0. The van der Waals surface area contributed by atoms with Gasteiger partial charge in [0.15, 0.2) is 0 Å². The van der Waals surface area contributed by atoms with Crippen LogP contribution in [0.25, 0.3) is 22.8 Å². The van der Waals surface area contributed by atoms with E-state index in [9.17, 15) is 0 Å². The average molecular weight is 719 g/mol. The van der Waals surface area contributed by atoms with E-state index in [2.05, 4.69) is 70.1 Å². The van der Waals surface area contributed by atoms with Crippen LogP contribution in [0, 0.1) is 11.8 Å². The lowest BCUT2D eigenvalue weighted by Gasteiger charge is -2.35. The molecular weight excluding hydrogens is 657 g/mol. The predicted molar refractivity (Wildman–Crippen MR) is 218 cm³/mol.